The number of nitrogens with zero attached hydrogens (tertiary/aromatic N) is 1. The van der Waals surface area contributed by atoms with Gasteiger partial charge < -0.3 is 15.6 Å². The Hall–Kier alpha value is -1.03. The zero-order valence-corrected chi connectivity index (χ0v) is 5.92. The van der Waals surface area contributed by atoms with Crippen molar-refractivity contribution in [3.8, 4) is 0 Å². The second-order valence-electron chi connectivity index (χ2n) is 2.01. The summed E-state index contributed by atoms with van der Waals surface area (Å²) in [4.78, 5) is 0. The molecule has 1 heterocycles. The molecule has 1 rings (SSSR count). The summed E-state index contributed by atoms with van der Waals surface area (Å²) >= 11 is 0. The third-order valence-corrected chi connectivity index (χ3v) is 1.21. The molecule has 0 fully saturated rings. The molecule has 0 spiro atoms. The van der Waals surface area contributed by atoms with E-state index in [0.717, 1.165) is 18.0 Å². The number of aryl methyl sites for hydroxylation is 1. The first-order valence-corrected chi connectivity index (χ1v) is 3.20. The average molecular weight is 141 g/mol. The van der Waals surface area contributed by atoms with E-state index in [0.29, 0.717) is 6.54 Å². The van der Waals surface area contributed by atoms with Gasteiger partial charge in [-0.2, -0.15) is 0 Å². The molecule has 10 heavy (non-hydrogen) atoms. The number of hydrogen-bond donors (Lipinski definition) is 2. The van der Waals surface area contributed by atoms with E-state index in [9.17, 15) is 0 Å². The standard InChI is InChI=1S/C6H11N3O/c1-5-6(4-9-10-5)8-3-2-7/h4,8H,2-3,7H2,1H3. The summed E-state index contributed by atoms with van der Waals surface area (Å²) in [7, 11) is 0. The van der Waals surface area contributed by atoms with E-state index in [1.165, 1.54) is 0 Å². The van der Waals surface area contributed by atoms with E-state index in [1.807, 2.05) is 6.92 Å². The lowest BCUT2D eigenvalue weighted by Crippen LogP contribution is -2.12. The molecule has 0 amide bonds. The molecule has 4 heteroatoms. The van der Waals surface area contributed by atoms with Gasteiger partial charge in [-0.15, -0.1) is 0 Å². The number of hydrogen-bond acceptors (Lipinski definition) is 4. The van der Waals surface area contributed by atoms with E-state index < -0.39 is 0 Å². The first-order valence-electron chi connectivity index (χ1n) is 3.20. The Labute approximate surface area is 59.4 Å². The van der Waals surface area contributed by atoms with E-state index >= 15 is 0 Å². The zero-order valence-electron chi connectivity index (χ0n) is 5.92. The maximum Gasteiger partial charge on any atom is 0.156 e. The van der Waals surface area contributed by atoms with Gasteiger partial charge in [0.15, 0.2) is 5.76 Å². The SMILES string of the molecule is Cc1oncc1NCCN. The van der Waals surface area contributed by atoms with Gasteiger partial charge in [0.2, 0.25) is 0 Å². The predicted molar refractivity (Wildman–Crippen MR) is 38.8 cm³/mol. The molecule has 0 atom stereocenters. The zero-order chi connectivity index (χ0) is 7.40. The fourth-order valence-electron chi connectivity index (χ4n) is 0.675. The Bertz CT molecular complexity index is 197. The van der Waals surface area contributed by atoms with Crippen molar-refractivity contribution in [2.45, 2.75) is 6.92 Å². The van der Waals surface area contributed by atoms with Crippen molar-refractivity contribution in [3.63, 3.8) is 0 Å². The minimum absolute atomic E-state index is 0.616. The van der Waals surface area contributed by atoms with Crippen LogP contribution in [0.15, 0.2) is 10.7 Å². The minimum atomic E-state index is 0.616. The third-order valence-electron chi connectivity index (χ3n) is 1.21. The molecule has 0 radical (unpaired) electrons. The van der Waals surface area contributed by atoms with Crippen molar-refractivity contribution < 1.29 is 4.52 Å². The third kappa shape index (κ3) is 1.48. The van der Waals surface area contributed by atoms with Crippen LogP contribution in [0, 0.1) is 6.92 Å². The van der Waals surface area contributed by atoms with Crippen molar-refractivity contribution in [2.75, 3.05) is 18.4 Å². The molecule has 0 unspecified atom stereocenters. The Balaban J connectivity index is 2.49. The molecule has 3 N–H and O–H groups in total. The van der Waals surface area contributed by atoms with Gasteiger partial charge in [0, 0.05) is 13.1 Å². The molecule has 0 saturated carbocycles. The molecular formula is C6H11N3O. The Kier molecular flexibility index (Phi) is 2.28. The van der Waals surface area contributed by atoms with Crippen molar-refractivity contribution in [1.29, 1.82) is 0 Å². The number of nitrogens with one attached hydrogen (secondary N) is 1. The molecule has 0 aliphatic carbocycles. The normalized spacial score (nSPS) is 9.80. The molecule has 56 valence electrons. The highest BCUT2D eigenvalue weighted by Gasteiger charge is 1.98. The van der Waals surface area contributed by atoms with Gasteiger partial charge in [-0.1, -0.05) is 5.16 Å². The van der Waals surface area contributed by atoms with E-state index in [-0.39, 0.29) is 0 Å². The van der Waals surface area contributed by atoms with Crippen LogP contribution in [0.5, 0.6) is 0 Å². The Morgan fingerprint density at radius 3 is 3.10 bits per heavy atom. The molecule has 0 aliphatic heterocycles. The maximum atomic E-state index is 5.28. The highest BCUT2D eigenvalue weighted by molar-refractivity contribution is 5.43. The van der Waals surface area contributed by atoms with Crippen molar-refractivity contribution in [3.05, 3.63) is 12.0 Å². The van der Waals surface area contributed by atoms with Gasteiger partial charge in [-0.25, -0.2) is 0 Å². The second-order valence-corrected chi connectivity index (χ2v) is 2.01. The van der Waals surface area contributed by atoms with Crippen molar-refractivity contribution in [1.82, 2.24) is 5.16 Å². The lowest BCUT2D eigenvalue weighted by Gasteiger charge is -1.98. The summed E-state index contributed by atoms with van der Waals surface area (Å²) < 4.78 is 4.81. The van der Waals surface area contributed by atoms with Crippen LogP contribution in [0.25, 0.3) is 0 Å². The first-order chi connectivity index (χ1) is 4.84. The average Bonchev–Trinajstić information content (AvgIpc) is 2.31. The van der Waals surface area contributed by atoms with Gasteiger partial charge in [0.1, 0.15) is 0 Å². The van der Waals surface area contributed by atoms with Crippen LogP contribution in [0.3, 0.4) is 0 Å². The summed E-state index contributed by atoms with van der Waals surface area (Å²) in [5.41, 5.74) is 6.20. The van der Waals surface area contributed by atoms with Crippen molar-refractivity contribution in [2.24, 2.45) is 5.73 Å². The fraction of sp³-hybridized carbons (Fsp3) is 0.500. The van der Waals surface area contributed by atoms with Gasteiger partial charge in [-0.05, 0) is 6.92 Å². The molecule has 1 aromatic rings. The smallest absolute Gasteiger partial charge is 0.156 e. The first kappa shape index (κ1) is 7.08. The largest absolute Gasteiger partial charge is 0.380 e. The van der Waals surface area contributed by atoms with Gasteiger partial charge in [0.25, 0.3) is 0 Å². The summed E-state index contributed by atoms with van der Waals surface area (Å²) in [5.74, 6) is 0.799. The lowest BCUT2D eigenvalue weighted by molar-refractivity contribution is 0.398. The van der Waals surface area contributed by atoms with Crippen LogP contribution in [-0.4, -0.2) is 18.2 Å². The van der Waals surface area contributed by atoms with E-state index in [1.54, 1.807) is 6.20 Å². The Morgan fingerprint density at radius 1 is 1.80 bits per heavy atom. The highest BCUT2D eigenvalue weighted by Crippen LogP contribution is 2.10. The van der Waals surface area contributed by atoms with E-state index in [2.05, 4.69) is 10.5 Å². The van der Waals surface area contributed by atoms with Gasteiger partial charge in [-0.3, -0.25) is 0 Å². The van der Waals surface area contributed by atoms with Crippen LogP contribution in [0.2, 0.25) is 0 Å². The maximum absolute atomic E-state index is 5.28. The molecular weight excluding hydrogens is 130 g/mol. The number of anilines is 1. The van der Waals surface area contributed by atoms with Crippen LogP contribution in [0.4, 0.5) is 5.69 Å². The number of aromatic nitrogens is 1. The lowest BCUT2D eigenvalue weighted by atomic mass is 10.4. The van der Waals surface area contributed by atoms with Crippen LogP contribution >= 0.6 is 0 Å². The predicted octanol–water partition coefficient (Wildman–Crippen LogP) is 0.354. The Morgan fingerprint density at radius 2 is 2.60 bits per heavy atom. The van der Waals surface area contributed by atoms with Crippen LogP contribution < -0.4 is 11.1 Å². The fourth-order valence-corrected chi connectivity index (χ4v) is 0.675. The quantitative estimate of drug-likeness (QED) is 0.637. The molecule has 0 saturated heterocycles. The topological polar surface area (TPSA) is 64.1 Å². The molecule has 0 aliphatic rings. The molecule has 1 aromatic heterocycles. The molecule has 0 bridgehead atoms. The van der Waals surface area contributed by atoms with Gasteiger partial charge in [0.05, 0.1) is 11.9 Å². The summed E-state index contributed by atoms with van der Waals surface area (Å²) in [5, 5.41) is 6.66. The number of rotatable bonds is 3. The van der Waals surface area contributed by atoms with Gasteiger partial charge >= 0.3 is 0 Å². The second kappa shape index (κ2) is 3.22. The summed E-state index contributed by atoms with van der Waals surface area (Å²) in [6.45, 7) is 3.22. The summed E-state index contributed by atoms with van der Waals surface area (Å²) in [6.07, 6.45) is 1.64. The monoisotopic (exact) mass is 141 g/mol. The van der Waals surface area contributed by atoms with Crippen LogP contribution in [0.1, 0.15) is 5.76 Å². The minimum Gasteiger partial charge on any atom is -0.380 e. The summed E-state index contributed by atoms with van der Waals surface area (Å²) in [6, 6.07) is 0. The molecule has 0 aromatic carbocycles. The van der Waals surface area contributed by atoms with Crippen molar-refractivity contribution >= 4 is 5.69 Å². The van der Waals surface area contributed by atoms with E-state index in [4.69, 9.17) is 10.3 Å². The number of nitrogens with two attached hydrogens (primary N) is 1. The van der Waals surface area contributed by atoms with Crippen LogP contribution in [-0.2, 0) is 0 Å². The molecule has 4 nitrogen and oxygen atoms in total. The highest BCUT2D eigenvalue weighted by atomic mass is 16.5.